The molecular formula is C11H11N3O2. The molecule has 0 aromatic carbocycles. The highest BCUT2D eigenvalue weighted by molar-refractivity contribution is 5.73. The van der Waals surface area contributed by atoms with Crippen molar-refractivity contribution in [3.63, 3.8) is 0 Å². The molecule has 1 aromatic rings. The summed E-state index contributed by atoms with van der Waals surface area (Å²) in [5, 5.41) is 11.2. The van der Waals surface area contributed by atoms with Crippen LogP contribution in [0, 0.1) is 11.3 Å². The zero-order chi connectivity index (χ0) is 12.0. The number of hydrogen-bond donors (Lipinski definition) is 2. The molecule has 1 aromatic heterocycles. The van der Waals surface area contributed by atoms with Crippen molar-refractivity contribution in [1.29, 1.82) is 5.26 Å². The van der Waals surface area contributed by atoms with Crippen molar-refractivity contribution in [2.24, 2.45) is 0 Å². The molecule has 0 atom stereocenters. The van der Waals surface area contributed by atoms with E-state index in [4.69, 9.17) is 5.26 Å². The van der Waals surface area contributed by atoms with Gasteiger partial charge in [-0.15, -0.1) is 0 Å². The molecule has 0 saturated heterocycles. The van der Waals surface area contributed by atoms with E-state index in [2.05, 4.69) is 10.3 Å². The van der Waals surface area contributed by atoms with Gasteiger partial charge in [-0.1, -0.05) is 12.2 Å². The summed E-state index contributed by atoms with van der Waals surface area (Å²) in [4.78, 5) is 24.1. The fraction of sp³-hybridized carbons (Fsp3) is 0.182. The van der Waals surface area contributed by atoms with Gasteiger partial charge in [0.2, 0.25) is 5.91 Å². The third-order valence-corrected chi connectivity index (χ3v) is 1.83. The third kappa shape index (κ3) is 3.42. The van der Waals surface area contributed by atoms with E-state index < -0.39 is 5.56 Å². The minimum atomic E-state index is -0.401. The van der Waals surface area contributed by atoms with Crippen molar-refractivity contribution in [3.8, 4) is 6.07 Å². The number of nitrogens with one attached hydrogen (secondary N) is 2. The van der Waals surface area contributed by atoms with E-state index >= 15 is 0 Å². The lowest BCUT2D eigenvalue weighted by Crippen LogP contribution is -2.19. The molecule has 5 heteroatoms. The summed E-state index contributed by atoms with van der Waals surface area (Å²) in [6, 6.07) is 3.29. The van der Waals surface area contributed by atoms with Gasteiger partial charge in [0.25, 0.3) is 5.56 Å². The fourth-order valence-electron chi connectivity index (χ4n) is 1.08. The van der Waals surface area contributed by atoms with E-state index in [1.165, 1.54) is 19.2 Å². The van der Waals surface area contributed by atoms with Crippen LogP contribution in [0.15, 0.2) is 23.1 Å². The molecule has 5 nitrogen and oxygen atoms in total. The third-order valence-electron chi connectivity index (χ3n) is 1.83. The summed E-state index contributed by atoms with van der Waals surface area (Å²) in [5.74, 6) is -0.108. The molecule has 16 heavy (non-hydrogen) atoms. The fourth-order valence-corrected chi connectivity index (χ4v) is 1.08. The van der Waals surface area contributed by atoms with Gasteiger partial charge in [0.1, 0.15) is 11.6 Å². The van der Waals surface area contributed by atoms with Gasteiger partial charge in [-0.25, -0.2) is 0 Å². The molecule has 0 radical (unpaired) electrons. The number of aromatic amines is 1. The first-order valence-electron chi connectivity index (χ1n) is 4.67. The molecule has 1 rings (SSSR count). The first-order valence-corrected chi connectivity index (χ1v) is 4.67. The Morgan fingerprint density at radius 3 is 3.06 bits per heavy atom. The summed E-state index contributed by atoms with van der Waals surface area (Å²) in [7, 11) is 0. The van der Waals surface area contributed by atoms with E-state index in [0.29, 0.717) is 12.1 Å². The normalized spacial score (nSPS) is 10.0. The van der Waals surface area contributed by atoms with Crippen LogP contribution >= 0.6 is 0 Å². The number of rotatable bonds is 3. The number of hydrogen-bond acceptors (Lipinski definition) is 3. The lowest BCUT2D eigenvalue weighted by molar-refractivity contribution is -0.118. The zero-order valence-corrected chi connectivity index (χ0v) is 8.78. The zero-order valence-electron chi connectivity index (χ0n) is 8.78. The maximum atomic E-state index is 11.1. The van der Waals surface area contributed by atoms with Gasteiger partial charge in [-0.05, 0) is 11.6 Å². The SMILES string of the molecule is CC(=O)NCC=Cc1c[nH]c(=O)c(C#N)c1. The number of carbonyl (C=O) groups is 1. The molecule has 0 aliphatic carbocycles. The van der Waals surface area contributed by atoms with Gasteiger partial charge >= 0.3 is 0 Å². The number of aromatic nitrogens is 1. The molecule has 82 valence electrons. The van der Waals surface area contributed by atoms with Crippen LogP contribution in [-0.2, 0) is 4.79 Å². The molecule has 0 saturated carbocycles. The summed E-state index contributed by atoms with van der Waals surface area (Å²) >= 11 is 0. The summed E-state index contributed by atoms with van der Waals surface area (Å²) in [6.45, 7) is 1.85. The highest BCUT2D eigenvalue weighted by Crippen LogP contribution is 1.99. The minimum Gasteiger partial charge on any atom is -0.353 e. The summed E-state index contributed by atoms with van der Waals surface area (Å²) in [6.07, 6.45) is 4.95. The smallest absolute Gasteiger partial charge is 0.265 e. The van der Waals surface area contributed by atoms with Crippen LogP contribution in [0.4, 0.5) is 0 Å². The van der Waals surface area contributed by atoms with Gasteiger partial charge in [0.15, 0.2) is 0 Å². The van der Waals surface area contributed by atoms with Crippen LogP contribution in [0.3, 0.4) is 0 Å². The van der Waals surface area contributed by atoms with Crippen LogP contribution in [-0.4, -0.2) is 17.4 Å². The molecule has 0 unspecified atom stereocenters. The van der Waals surface area contributed by atoms with Crippen LogP contribution < -0.4 is 10.9 Å². The lowest BCUT2D eigenvalue weighted by atomic mass is 10.2. The molecule has 1 amide bonds. The Hall–Kier alpha value is -2.35. The Morgan fingerprint density at radius 1 is 1.69 bits per heavy atom. The van der Waals surface area contributed by atoms with Crippen LogP contribution in [0.1, 0.15) is 18.1 Å². The average Bonchev–Trinajstić information content (AvgIpc) is 2.26. The molecule has 0 aliphatic rings. The lowest BCUT2D eigenvalue weighted by Gasteiger charge is -1.96. The predicted octanol–water partition coefficient (Wildman–Crippen LogP) is 0.396. The van der Waals surface area contributed by atoms with Crippen molar-refractivity contribution in [1.82, 2.24) is 10.3 Å². The maximum absolute atomic E-state index is 11.1. The molecule has 0 fully saturated rings. The van der Waals surface area contributed by atoms with Gasteiger partial charge in [-0.2, -0.15) is 5.26 Å². The van der Waals surface area contributed by atoms with Gasteiger partial charge in [0, 0.05) is 19.7 Å². The standard InChI is InChI=1S/C11H11N3O2/c1-8(15)13-4-2-3-9-5-10(6-12)11(16)14-7-9/h2-3,5,7H,4H2,1H3,(H,13,15)(H,14,16). The Balaban J connectivity index is 2.72. The molecule has 1 heterocycles. The second kappa shape index (κ2) is 5.51. The van der Waals surface area contributed by atoms with E-state index in [1.54, 1.807) is 18.2 Å². The summed E-state index contributed by atoms with van der Waals surface area (Å²) in [5.41, 5.74) is 0.379. The Morgan fingerprint density at radius 2 is 2.44 bits per heavy atom. The van der Waals surface area contributed by atoms with Gasteiger partial charge in [0.05, 0.1) is 0 Å². The predicted molar refractivity (Wildman–Crippen MR) is 59.5 cm³/mol. The van der Waals surface area contributed by atoms with Crippen molar-refractivity contribution in [2.45, 2.75) is 6.92 Å². The first-order chi connectivity index (χ1) is 7.63. The van der Waals surface area contributed by atoms with E-state index in [9.17, 15) is 9.59 Å². The van der Waals surface area contributed by atoms with Crippen LogP contribution in [0.25, 0.3) is 6.08 Å². The molecule has 0 spiro atoms. The van der Waals surface area contributed by atoms with E-state index in [-0.39, 0.29) is 11.5 Å². The highest BCUT2D eigenvalue weighted by atomic mass is 16.1. The number of pyridine rings is 1. The van der Waals surface area contributed by atoms with Crippen LogP contribution in [0.2, 0.25) is 0 Å². The Kier molecular flexibility index (Phi) is 4.04. The van der Waals surface area contributed by atoms with Gasteiger partial charge in [-0.3, -0.25) is 9.59 Å². The summed E-state index contributed by atoms with van der Waals surface area (Å²) < 4.78 is 0. The number of nitrogens with zero attached hydrogens (tertiary/aromatic N) is 1. The number of amides is 1. The molecule has 0 aliphatic heterocycles. The van der Waals surface area contributed by atoms with Crippen molar-refractivity contribution >= 4 is 12.0 Å². The molecule has 2 N–H and O–H groups in total. The van der Waals surface area contributed by atoms with Gasteiger partial charge < -0.3 is 10.3 Å². The quantitative estimate of drug-likeness (QED) is 0.768. The van der Waals surface area contributed by atoms with Crippen molar-refractivity contribution < 1.29 is 4.79 Å². The minimum absolute atomic E-state index is 0.0710. The first kappa shape index (κ1) is 11.7. The average molecular weight is 217 g/mol. The molecule has 0 bridgehead atoms. The van der Waals surface area contributed by atoms with Crippen LogP contribution in [0.5, 0.6) is 0 Å². The number of nitriles is 1. The second-order valence-corrected chi connectivity index (χ2v) is 3.13. The Labute approximate surface area is 92.4 Å². The van der Waals surface area contributed by atoms with E-state index in [0.717, 1.165) is 0 Å². The monoisotopic (exact) mass is 217 g/mol. The highest BCUT2D eigenvalue weighted by Gasteiger charge is 1.97. The topological polar surface area (TPSA) is 85.8 Å². The number of H-pyrrole nitrogens is 1. The molecular weight excluding hydrogens is 206 g/mol. The van der Waals surface area contributed by atoms with E-state index in [1.807, 2.05) is 0 Å². The maximum Gasteiger partial charge on any atom is 0.265 e. The largest absolute Gasteiger partial charge is 0.353 e. The van der Waals surface area contributed by atoms with Crippen molar-refractivity contribution in [3.05, 3.63) is 39.8 Å². The Bertz CT molecular complexity index is 509. The second-order valence-electron chi connectivity index (χ2n) is 3.13. The number of carbonyl (C=O) groups excluding carboxylic acids is 1. The van der Waals surface area contributed by atoms with Crippen molar-refractivity contribution in [2.75, 3.05) is 6.54 Å².